The smallest absolute Gasteiger partial charge is 0.230 e. The highest BCUT2D eigenvalue weighted by Crippen LogP contribution is 2.38. The molecule has 1 N–H and O–H groups in total. The molecule has 3 atom stereocenters. The average molecular weight is 528 g/mol. The molecule has 1 aliphatic carbocycles. The molecule has 0 aromatic heterocycles. The van der Waals surface area contributed by atoms with Gasteiger partial charge in [0.1, 0.15) is 5.84 Å². The quantitative estimate of drug-likeness (QED) is 0.553. The van der Waals surface area contributed by atoms with E-state index in [1.54, 1.807) is 0 Å². The number of piperidine rings is 1. The van der Waals surface area contributed by atoms with E-state index < -0.39 is 0 Å². The Hall–Kier alpha value is -3.35. The Balaban J connectivity index is 1.05. The summed E-state index contributed by atoms with van der Waals surface area (Å²) in [6.45, 7) is 2.36. The van der Waals surface area contributed by atoms with Gasteiger partial charge in [0.15, 0.2) is 6.29 Å². The second-order valence-corrected chi connectivity index (χ2v) is 11.7. The zero-order valence-electron chi connectivity index (χ0n) is 22.9. The lowest BCUT2D eigenvalue weighted by atomic mass is 9.80. The van der Waals surface area contributed by atoms with Gasteiger partial charge in [-0.3, -0.25) is 15.0 Å². The van der Waals surface area contributed by atoms with Crippen LogP contribution < -0.4 is 5.43 Å². The summed E-state index contributed by atoms with van der Waals surface area (Å²) < 4.78 is 0. The zero-order chi connectivity index (χ0) is 26.6. The number of hydrazone groups is 1. The van der Waals surface area contributed by atoms with Gasteiger partial charge in [-0.25, -0.2) is 0 Å². The van der Waals surface area contributed by atoms with Crippen LogP contribution >= 0.6 is 0 Å². The van der Waals surface area contributed by atoms with E-state index in [-0.39, 0.29) is 30.1 Å². The fourth-order valence-electron chi connectivity index (χ4n) is 7.07. The van der Waals surface area contributed by atoms with Crippen molar-refractivity contribution in [1.82, 2.24) is 20.1 Å². The molecule has 0 radical (unpaired) electrons. The van der Waals surface area contributed by atoms with Gasteiger partial charge in [0.05, 0.1) is 5.92 Å². The van der Waals surface area contributed by atoms with E-state index in [2.05, 4.69) is 69.8 Å². The van der Waals surface area contributed by atoms with Crippen molar-refractivity contribution in [3.8, 4) is 0 Å². The van der Waals surface area contributed by atoms with Crippen LogP contribution in [0.2, 0.25) is 0 Å². The molecule has 7 heteroatoms. The minimum Gasteiger partial charge on any atom is -0.343 e. The number of hydrogen-bond donors (Lipinski definition) is 1. The predicted octanol–water partition coefficient (Wildman–Crippen LogP) is 4.39. The Labute approximate surface area is 232 Å². The van der Waals surface area contributed by atoms with E-state index in [1.807, 2.05) is 11.0 Å². The van der Waals surface area contributed by atoms with Crippen LogP contribution in [0, 0.1) is 11.8 Å². The number of fused-ring (bicyclic) bond motifs is 3. The number of amides is 2. The molecule has 2 saturated heterocycles. The minimum absolute atomic E-state index is 0.0233. The number of carbonyl (C=O) groups is 2. The summed E-state index contributed by atoms with van der Waals surface area (Å²) >= 11 is 0. The molecule has 6 rings (SSSR count). The summed E-state index contributed by atoms with van der Waals surface area (Å²) in [4.78, 5) is 33.2. The first kappa shape index (κ1) is 25.9. The SMILES string of the molecule is O=C(CCC1=NNC2N(CCc3ccccc3)C(=O)C3CCCCC3N12)N1CCC(Cc2ccccc2)CC1. The van der Waals surface area contributed by atoms with Crippen molar-refractivity contribution >= 4 is 17.6 Å². The molecule has 2 aromatic rings. The van der Waals surface area contributed by atoms with Crippen LogP contribution in [0.15, 0.2) is 65.8 Å². The van der Waals surface area contributed by atoms with E-state index in [9.17, 15) is 9.59 Å². The number of likely N-dealkylation sites (tertiary alicyclic amines) is 1. The monoisotopic (exact) mass is 527 g/mol. The van der Waals surface area contributed by atoms with Crippen molar-refractivity contribution in [2.24, 2.45) is 16.9 Å². The largest absolute Gasteiger partial charge is 0.343 e. The maximum absolute atomic E-state index is 13.6. The molecule has 3 heterocycles. The van der Waals surface area contributed by atoms with Gasteiger partial charge in [0.2, 0.25) is 11.8 Å². The molecule has 3 aliphatic heterocycles. The second kappa shape index (κ2) is 11.8. The molecular weight excluding hydrogens is 486 g/mol. The maximum atomic E-state index is 13.6. The fourth-order valence-corrected chi connectivity index (χ4v) is 7.07. The van der Waals surface area contributed by atoms with Crippen LogP contribution in [0.25, 0.3) is 0 Å². The van der Waals surface area contributed by atoms with Crippen molar-refractivity contribution in [1.29, 1.82) is 0 Å². The van der Waals surface area contributed by atoms with Crippen LogP contribution in [0.5, 0.6) is 0 Å². The number of carbonyl (C=O) groups excluding carboxylic acids is 2. The zero-order valence-corrected chi connectivity index (χ0v) is 22.9. The predicted molar refractivity (Wildman–Crippen MR) is 152 cm³/mol. The van der Waals surface area contributed by atoms with Crippen LogP contribution in [-0.2, 0) is 22.4 Å². The minimum atomic E-state index is -0.237. The summed E-state index contributed by atoms with van der Waals surface area (Å²) in [6.07, 6.45) is 9.13. The van der Waals surface area contributed by atoms with E-state index in [1.165, 1.54) is 11.1 Å². The molecule has 39 heavy (non-hydrogen) atoms. The first-order valence-electron chi connectivity index (χ1n) is 14.9. The Bertz CT molecular complexity index is 1160. The summed E-state index contributed by atoms with van der Waals surface area (Å²) in [6, 6.07) is 21.2. The third kappa shape index (κ3) is 5.68. The Morgan fingerprint density at radius 1 is 0.872 bits per heavy atom. The third-order valence-electron chi connectivity index (χ3n) is 9.23. The lowest BCUT2D eigenvalue weighted by molar-refractivity contribution is -0.155. The molecule has 3 fully saturated rings. The summed E-state index contributed by atoms with van der Waals surface area (Å²) in [7, 11) is 0. The number of amidine groups is 1. The van der Waals surface area contributed by atoms with E-state index in [4.69, 9.17) is 5.10 Å². The van der Waals surface area contributed by atoms with E-state index >= 15 is 0 Å². The van der Waals surface area contributed by atoms with Crippen molar-refractivity contribution in [2.45, 2.75) is 76.5 Å². The lowest BCUT2D eigenvalue weighted by Gasteiger charge is -2.50. The van der Waals surface area contributed by atoms with Crippen LogP contribution in [0.1, 0.15) is 62.5 Å². The second-order valence-electron chi connectivity index (χ2n) is 11.7. The van der Waals surface area contributed by atoms with Gasteiger partial charge in [-0.05, 0) is 55.6 Å². The van der Waals surface area contributed by atoms with Gasteiger partial charge in [-0.15, -0.1) is 0 Å². The molecule has 1 saturated carbocycles. The van der Waals surface area contributed by atoms with Gasteiger partial charge in [0.25, 0.3) is 0 Å². The molecular formula is C32H41N5O2. The number of benzene rings is 2. The Morgan fingerprint density at radius 2 is 1.56 bits per heavy atom. The number of nitrogens with one attached hydrogen (secondary N) is 1. The molecule has 2 aromatic carbocycles. The van der Waals surface area contributed by atoms with Crippen LogP contribution in [0.3, 0.4) is 0 Å². The summed E-state index contributed by atoms with van der Waals surface area (Å²) in [5.41, 5.74) is 5.91. The average Bonchev–Trinajstić information content (AvgIpc) is 3.41. The molecule has 0 bridgehead atoms. The van der Waals surface area contributed by atoms with E-state index in [0.29, 0.717) is 25.3 Å². The van der Waals surface area contributed by atoms with Crippen molar-refractivity contribution in [2.75, 3.05) is 19.6 Å². The lowest BCUT2D eigenvalue weighted by Crippen LogP contribution is -2.67. The van der Waals surface area contributed by atoms with Gasteiger partial charge in [0, 0.05) is 38.5 Å². The topological polar surface area (TPSA) is 68.2 Å². The molecule has 206 valence electrons. The van der Waals surface area contributed by atoms with Crippen LogP contribution in [-0.4, -0.2) is 64.3 Å². The molecule has 2 amide bonds. The van der Waals surface area contributed by atoms with Crippen LogP contribution in [0.4, 0.5) is 0 Å². The first-order chi connectivity index (χ1) is 19.2. The molecule has 0 spiro atoms. The first-order valence-corrected chi connectivity index (χ1v) is 14.9. The van der Waals surface area contributed by atoms with Gasteiger partial charge >= 0.3 is 0 Å². The van der Waals surface area contributed by atoms with Crippen molar-refractivity contribution in [3.05, 3.63) is 71.8 Å². The third-order valence-corrected chi connectivity index (χ3v) is 9.23. The van der Waals surface area contributed by atoms with Crippen molar-refractivity contribution in [3.63, 3.8) is 0 Å². The highest BCUT2D eigenvalue weighted by molar-refractivity contribution is 5.91. The number of rotatable bonds is 8. The summed E-state index contributed by atoms with van der Waals surface area (Å²) in [5.74, 6) is 2.11. The van der Waals surface area contributed by atoms with Gasteiger partial charge in [-0.2, -0.15) is 5.10 Å². The Morgan fingerprint density at radius 3 is 2.31 bits per heavy atom. The highest BCUT2D eigenvalue weighted by Gasteiger charge is 2.50. The highest BCUT2D eigenvalue weighted by atomic mass is 16.2. The number of hydrogen-bond acceptors (Lipinski definition) is 5. The number of nitrogens with zero attached hydrogens (tertiary/aromatic N) is 4. The van der Waals surface area contributed by atoms with Gasteiger partial charge < -0.3 is 14.7 Å². The van der Waals surface area contributed by atoms with Gasteiger partial charge in [-0.1, -0.05) is 73.5 Å². The Kier molecular flexibility index (Phi) is 7.84. The molecule has 3 unspecified atom stereocenters. The molecule has 4 aliphatic rings. The fraction of sp³-hybridized carbons (Fsp3) is 0.531. The van der Waals surface area contributed by atoms with Crippen molar-refractivity contribution < 1.29 is 9.59 Å². The maximum Gasteiger partial charge on any atom is 0.230 e. The van der Waals surface area contributed by atoms with E-state index in [0.717, 1.165) is 70.3 Å². The molecule has 7 nitrogen and oxygen atoms in total. The normalized spacial score (nSPS) is 25.1. The standard InChI is InChI=1S/C32H41N5O2/c38-30(35-20-17-26(18-21-35)23-25-11-5-2-6-12-25)16-15-29-33-34-32-36(22-19-24-9-3-1-4-10-24)31(39)27-13-7-8-14-28(27)37(29)32/h1-6,9-12,26-28,32,34H,7-8,13-23H2. The summed E-state index contributed by atoms with van der Waals surface area (Å²) in [5, 5.41) is 4.71.